The molecule has 0 aromatic rings. The van der Waals surface area contributed by atoms with E-state index in [4.69, 9.17) is 19.7 Å². The third-order valence-corrected chi connectivity index (χ3v) is 1.36. The van der Waals surface area contributed by atoms with Crippen LogP contribution in [0.25, 0.3) is 0 Å². The maximum atomic E-state index is 10.9. The molecule has 0 aliphatic heterocycles. The van der Waals surface area contributed by atoms with Crippen LogP contribution in [-0.2, 0) is 14.6 Å². The van der Waals surface area contributed by atoms with Gasteiger partial charge in [0.05, 0.1) is 26.4 Å². The Morgan fingerprint density at radius 1 is 1.08 bits per heavy atom. The number of hydrogen-bond acceptors (Lipinski definition) is 4. The molecule has 0 aromatic heterocycles. The van der Waals surface area contributed by atoms with Gasteiger partial charge >= 0.3 is 0 Å². The van der Waals surface area contributed by atoms with Gasteiger partial charge in [-0.05, 0) is 6.42 Å². The molecule has 1 atom stereocenters. The first-order chi connectivity index (χ1) is 6.31. The van der Waals surface area contributed by atoms with Gasteiger partial charge in [0.2, 0.25) is 0 Å². The topological polar surface area (TPSA) is 78.8 Å². The van der Waals surface area contributed by atoms with E-state index in [9.17, 15) is 5.11 Å². The predicted molar refractivity (Wildman–Crippen MR) is 44.7 cm³/mol. The zero-order chi connectivity index (χ0) is 9.94. The van der Waals surface area contributed by atoms with Gasteiger partial charge in [0.15, 0.2) is 6.29 Å². The fourth-order valence-corrected chi connectivity index (χ4v) is 0.746. The van der Waals surface area contributed by atoms with Crippen molar-refractivity contribution in [1.82, 2.24) is 0 Å². The molecule has 5 nitrogen and oxygen atoms in total. The molecular weight excluding hydrogens is 176 g/mol. The zero-order valence-corrected chi connectivity index (χ0v) is 7.65. The molecule has 0 aliphatic rings. The molecule has 0 fully saturated rings. The Bertz CT molecular complexity index is 98.5. The molecule has 0 saturated carbocycles. The van der Waals surface area contributed by atoms with Crippen molar-refractivity contribution in [2.24, 2.45) is 0 Å². The van der Waals surface area contributed by atoms with Gasteiger partial charge in [0.1, 0.15) is 0 Å². The lowest BCUT2D eigenvalue weighted by Crippen LogP contribution is -2.15. The molecule has 1 unspecified atom stereocenters. The van der Waals surface area contributed by atoms with Gasteiger partial charge < -0.3 is 19.7 Å². The van der Waals surface area contributed by atoms with Crippen molar-refractivity contribution in [2.75, 3.05) is 33.0 Å². The van der Waals surface area contributed by atoms with E-state index in [-0.39, 0.29) is 26.4 Å². The van der Waals surface area contributed by atoms with Crippen molar-refractivity contribution >= 4 is 0 Å². The standard InChI is InChI=1S/C8H17O5/c9-3-1-2-8(11)13-7-6-12-5-4-10/h8-10H,1-7H2. The van der Waals surface area contributed by atoms with Gasteiger partial charge in [-0.15, -0.1) is 0 Å². The van der Waals surface area contributed by atoms with Crippen LogP contribution >= 0.6 is 0 Å². The van der Waals surface area contributed by atoms with E-state index in [1.54, 1.807) is 0 Å². The quantitative estimate of drug-likeness (QED) is 0.383. The lowest BCUT2D eigenvalue weighted by atomic mass is 10.3. The summed E-state index contributed by atoms with van der Waals surface area (Å²) in [6, 6.07) is 0. The minimum Gasteiger partial charge on any atom is -0.396 e. The van der Waals surface area contributed by atoms with Crippen LogP contribution in [0.3, 0.4) is 0 Å². The minimum absolute atomic E-state index is 0.0170. The van der Waals surface area contributed by atoms with Crippen molar-refractivity contribution < 1.29 is 24.8 Å². The van der Waals surface area contributed by atoms with Crippen LogP contribution in [0.5, 0.6) is 0 Å². The summed E-state index contributed by atoms with van der Waals surface area (Å²) in [6.07, 6.45) is -0.299. The first kappa shape index (κ1) is 12.8. The van der Waals surface area contributed by atoms with Crippen molar-refractivity contribution in [2.45, 2.75) is 19.1 Å². The fourth-order valence-electron chi connectivity index (χ4n) is 0.746. The molecular formula is C8H17O5. The van der Waals surface area contributed by atoms with Crippen LogP contribution in [0.15, 0.2) is 0 Å². The van der Waals surface area contributed by atoms with Crippen LogP contribution in [-0.4, -0.2) is 49.5 Å². The summed E-state index contributed by atoms with van der Waals surface area (Å²) in [4.78, 5) is 0. The normalized spacial score (nSPS) is 13.2. The molecule has 0 rings (SSSR count). The Morgan fingerprint density at radius 2 is 1.85 bits per heavy atom. The van der Waals surface area contributed by atoms with Crippen molar-refractivity contribution in [3.63, 3.8) is 0 Å². The molecule has 0 amide bonds. The molecule has 0 saturated heterocycles. The number of hydrogen-bond donors (Lipinski definition) is 2. The molecule has 0 aromatic carbocycles. The highest BCUT2D eigenvalue weighted by molar-refractivity contribution is 4.42. The summed E-state index contributed by atoms with van der Waals surface area (Å²) in [5.74, 6) is 0. The zero-order valence-electron chi connectivity index (χ0n) is 7.65. The molecule has 13 heavy (non-hydrogen) atoms. The lowest BCUT2D eigenvalue weighted by molar-refractivity contribution is -0.153. The van der Waals surface area contributed by atoms with Crippen LogP contribution in [0.1, 0.15) is 12.8 Å². The fraction of sp³-hybridized carbons (Fsp3) is 1.00. The lowest BCUT2D eigenvalue weighted by Gasteiger charge is -2.08. The first-order valence-electron chi connectivity index (χ1n) is 4.38. The van der Waals surface area contributed by atoms with E-state index in [1.807, 2.05) is 0 Å². The maximum absolute atomic E-state index is 10.9. The summed E-state index contributed by atoms with van der Waals surface area (Å²) in [5.41, 5.74) is 0. The number of aliphatic hydroxyl groups excluding tert-OH is 2. The van der Waals surface area contributed by atoms with Crippen molar-refractivity contribution in [3.05, 3.63) is 0 Å². The monoisotopic (exact) mass is 193 g/mol. The highest BCUT2D eigenvalue weighted by atomic mass is 16.6. The van der Waals surface area contributed by atoms with Crippen LogP contribution in [0, 0.1) is 0 Å². The molecule has 2 N–H and O–H groups in total. The van der Waals surface area contributed by atoms with Crippen molar-refractivity contribution in [3.8, 4) is 0 Å². The molecule has 0 heterocycles. The summed E-state index contributed by atoms with van der Waals surface area (Å²) in [6.45, 7) is 0.815. The highest BCUT2D eigenvalue weighted by Gasteiger charge is 2.04. The predicted octanol–water partition coefficient (Wildman–Crippen LogP) is -0.459. The Morgan fingerprint density at radius 3 is 2.46 bits per heavy atom. The van der Waals surface area contributed by atoms with Crippen molar-refractivity contribution in [1.29, 1.82) is 0 Å². The molecule has 0 aliphatic carbocycles. The summed E-state index contributed by atoms with van der Waals surface area (Å²) in [5, 5.41) is 27.6. The van der Waals surface area contributed by atoms with E-state index in [2.05, 4.69) is 0 Å². The maximum Gasteiger partial charge on any atom is 0.191 e. The van der Waals surface area contributed by atoms with Gasteiger partial charge in [-0.25, -0.2) is 5.11 Å². The molecule has 5 heteroatoms. The van der Waals surface area contributed by atoms with Gasteiger partial charge in [0.25, 0.3) is 0 Å². The van der Waals surface area contributed by atoms with Gasteiger partial charge in [-0.2, -0.15) is 0 Å². The van der Waals surface area contributed by atoms with Gasteiger partial charge in [0, 0.05) is 13.0 Å². The number of aliphatic hydroxyl groups is 2. The Labute approximate surface area is 77.9 Å². The summed E-state index contributed by atoms with van der Waals surface area (Å²) in [7, 11) is 0. The van der Waals surface area contributed by atoms with Crippen LogP contribution in [0.4, 0.5) is 0 Å². The smallest absolute Gasteiger partial charge is 0.191 e. The largest absolute Gasteiger partial charge is 0.396 e. The molecule has 0 spiro atoms. The van der Waals surface area contributed by atoms with Gasteiger partial charge in [-0.1, -0.05) is 0 Å². The Kier molecular flexibility index (Phi) is 9.73. The third-order valence-electron chi connectivity index (χ3n) is 1.36. The van der Waals surface area contributed by atoms with Crippen LogP contribution in [0.2, 0.25) is 0 Å². The van der Waals surface area contributed by atoms with Gasteiger partial charge in [-0.3, -0.25) is 0 Å². The highest BCUT2D eigenvalue weighted by Crippen LogP contribution is 1.98. The number of ether oxygens (including phenoxy) is 2. The Hall–Kier alpha value is -0.200. The average Bonchev–Trinajstić information content (AvgIpc) is 2.14. The Balaban J connectivity index is 3.03. The van der Waals surface area contributed by atoms with E-state index in [0.717, 1.165) is 0 Å². The average molecular weight is 193 g/mol. The molecule has 79 valence electrons. The second-order valence-corrected chi connectivity index (χ2v) is 2.50. The second kappa shape index (κ2) is 9.88. The molecule has 1 radical (unpaired) electrons. The van der Waals surface area contributed by atoms with E-state index in [1.165, 1.54) is 0 Å². The summed E-state index contributed by atoms with van der Waals surface area (Å²) >= 11 is 0. The van der Waals surface area contributed by atoms with Crippen LogP contribution < -0.4 is 0 Å². The number of rotatable bonds is 9. The third kappa shape index (κ3) is 9.72. The van der Waals surface area contributed by atoms with E-state index < -0.39 is 6.29 Å². The van der Waals surface area contributed by atoms with E-state index in [0.29, 0.717) is 19.4 Å². The summed E-state index contributed by atoms with van der Waals surface area (Å²) < 4.78 is 9.69. The SMILES string of the molecule is [O]C(CCCO)OCCOCCO. The second-order valence-electron chi connectivity index (χ2n) is 2.50. The van der Waals surface area contributed by atoms with E-state index >= 15 is 0 Å². The first-order valence-corrected chi connectivity index (χ1v) is 4.38. The molecule has 0 bridgehead atoms. The minimum atomic E-state index is -1.08.